The summed E-state index contributed by atoms with van der Waals surface area (Å²) >= 11 is 11.7. The Labute approximate surface area is 125 Å². The van der Waals surface area contributed by atoms with E-state index in [0.29, 0.717) is 0 Å². The number of halogens is 3. The van der Waals surface area contributed by atoms with Crippen LogP contribution in [0.4, 0.5) is 15.8 Å². The number of hydrogen-bond donors (Lipinski definition) is 2. The standard InChI is InChI=1S/C12H9Cl2FN2O2S/c13-8-2-1-3-9(14)12(8)20(18,19)17-11-6-7(15)4-5-10(11)16/h1-6,17H,16H2. The van der Waals surface area contributed by atoms with E-state index in [1.165, 1.54) is 24.3 Å². The van der Waals surface area contributed by atoms with Gasteiger partial charge < -0.3 is 5.73 Å². The van der Waals surface area contributed by atoms with Crippen LogP contribution in [0.5, 0.6) is 0 Å². The van der Waals surface area contributed by atoms with Crippen molar-refractivity contribution in [1.82, 2.24) is 0 Å². The zero-order valence-electron chi connectivity index (χ0n) is 9.90. The monoisotopic (exact) mass is 334 g/mol. The molecule has 0 fully saturated rings. The number of nitrogen functional groups attached to an aromatic ring is 1. The van der Waals surface area contributed by atoms with E-state index in [0.717, 1.165) is 12.1 Å². The van der Waals surface area contributed by atoms with Gasteiger partial charge in [-0.1, -0.05) is 29.3 Å². The highest BCUT2D eigenvalue weighted by atomic mass is 35.5. The van der Waals surface area contributed by atoms with Gasteiger partial charge in [0.25, 0.3) is 10.0 Å². The summed E-state index contributed by atoms with van der Waals surface area (Å²) in [6, 6.07) is 7.63. The summed E-state index contributed by atoms with van der Waals surface area (Å²) in [7, 11) is -4.07. The lowest BCUT2D eigenvalue weighted by molar-refractivity contribution is 0.601. The Morgan fingerprint density at radius 2 is 1.70 bits per heavy atom. The van der Waals surface area contributed by atoms with Gasteiger partial charge in [0, 0.05) is 6.07 Å². The molecule has 0 heterocycles. The molecule has 0 spiro atoms. The van der Waals surface area contributed by atoms with Crippen LogP contribution in [0.15, 0.2) is 41.3 Å². The summed E-state index contributed by atoms with van der Waals surface area (Å²) in [6.45, 7) is 0. The fourth-order valence-electron chi connectivity index (χ4n) is 1.55. The molecule has 0 aromatic heterocycles. The Bertz CT molecular complexity index is 746. The highest BCUT2D eigenvalue weighted by molar-refractivity contribution is 7.93. The van der Waals surface area contributed by atoms with Crippen molar-refractivity contribution in [1.29, 1.82) is 0 Å². The van der Waals surface area contributed by atoms with Gasteiger partial charge in [-0.2, -0.15) is 0 Å². The number of nitrogens with one attached hydrogen (secondary N) is 1. The van der Waals surface area contributed by atoms with Crippen molar-refractivity contribution in [2.75, 3.05) is 10.5 Å². The molecule has 2 rings (SSSR count). The Hall–Kier alpha value is -1.50. The summed E-state index contributed by atoms with van der Waals surface area (Å²) in [5.74, 6) is -0.623. The predicted octanol–water partition coefficient (Wildman–Crippen LogP) is 3.52. The van der Waals surface area contributed by atoms with Crippen molar-refractivity contribution in [2.45, 2.75) is 4.90 Å². The van der Waals surface area contributed by atoms with Crippen LogP contribution in [0.3, 0.4) is 0 Å². The molecule has 4 nitrogen and oxygen atoms in total. The van der Waals surface area contributed by atoms with Gasteiger partial charge in [-0.3, -0.25) is 4.72 Å². The van der Waals surface area contributed by atoms with Crippen molar-refractivity contribution in [3.05, 3.63) is 52.3 Å². The highest BCUT2D eigenvalue weighted by Gasteiger charge is 2.22. The average molecular weight is 335 g/mol. The first kappa shape index (κ1) is 14.9. The third kappa shape index (κ3) is 2.98. The van der Waals surface area contributed by atoms with Crippen LogP contribution >= 0.6 is 23.2 Å². The van der Waals surface area contributed by atoms with E-state index >= 15 is 0 Å². The Morgan fingerprint density at radius 1 is 1.10 bits per heavy atom. The van der Waals surface area contributed by atoms with Crippen LogP contribution < -0.4 is 10.5 Å². The minimum Gasteiger partial charge on any atom is -0.397 e. The number of benzene rings is 2. The van der Waals surface area contributed by atoms with E-state index in [2.05, 4.69) is 4.72 Å². The summed E-state index contributed by atoms with van der Waals surface area (Å²) < 4.78 is 39.8. The molecule has 20 heavy (non-hydrogen) atoms. The molecule has 0 aliphatic heterocycles. The van der Waals surface area contributed by atoms with E-state index < -0.39 is 15.8 Å². The molecule has 0 unspecified atom stereocenters. The Morgan fingerprint density at radius 3 is 2.30 bits per heavy atom. The van der Waals surface area contributed by atoms with Gasteiger partial charge in [0.05, 0.1) is 21.4 Å². The second-order valence-electron chi connectivity index (χ2n) is 3.89. The van der Waals surface area contributed by atoms with Crippen LogP contribution in [0.1, 0.15) is 0 Å². The lowest BCUT2D eigenvalue weighted by atomic mass is 10.3. The van der Waals surface area contributed by atoms with Crippen LogP contribution in [-0.4, -0.2) is 8.42 Å². The molecule has 0 aliphatic carbocycles. The molecule has 0 aliphatic rings. The molecule has 3 N–H and O–H groups in total. The van der Waals surface area contributed by atoms with Gasteiger partial charge in [0.1, 0.15) is 10.7 Å². The van der Waals surface area contributed by atoms with Gasteiger partial charge in [0.15, 0.2) is 0 Å². The number of rotatable bonds is 3. The number of anilines is 2. The summed E-state index contributed by atoms with van der Waals surface area (Å²) in [6.07, 6.45) is 0. The maximum Gasteiger partial charge on any atom is 0.264 e. The Kier molecular flexibility index (Phi) is 4.08. The fourth-order valence-corrected chi connectivity index (χ4v) is 3.78. The van der Waals surface area contributed by atoms with E-state index in [1.54, 1.807) is 0 Å². The maximum absolute atomic E-state index is 13.1. The molecule has 0 saturated heterocycles. The lowest BCUT2D eigenvalue weighted by Crippen LogP contribution is -2.15. The molecule has 2 aromatic rings. The zero-order valence-corrected chi connectivity index (χ0v) is 12.2. The second-order valence-corrected chi connectivity index (χ2v) is 6.32. The van der Waals surface area contributed by atoms with Crippen molar-refractivity contribution in [3.8, 4) is 0 Å². The largest absolute Gasteiger partial charge is 0.397 e. The summed E-state index contributed by atoms with van der Waals surface area (Å²) in [5, 5.41) is -0.0834. The zero-order chi connectivity index (χ0) is 14.9. The first-order valence-corrected chi connectivity index (χ1v) is 7.57. The maximum atomic E-state index is 13.1. The first-order chi connectivity index (χ1) is 9.31. The number of nitrogens with two attached hydrogens (primary N) is 1. The van der Waals surface area contributed by atoms with Crippen LogP contribution in [0.25, 0.3) is 0 Å². The van der Waals surface area contributed by atoms with Gasteiger partial charge in [-0.25, -0.2) is 12.8 Å². The van der Waals surface area contributed by atoms with Crippen molar-refractivity contribution in [3.63, 3.8) is 0 Å². The topological polar surface area (TPSA) is 72.2 Å². The van der Waals surface area contributed by atoms with Crippen LogP contribution in [-0.2, 0) is 10.0 Å². The predicted molar refractivity (Wildman–Crippen MR) is 78.1 cm³/mol. The fraction of sp³-hybridized carbons (Fsp3) is 0. The third-order valence-corrected chi connectivity index (χ3v) is 4.77. The summed E-state index contributed by atoms with van der Waals surface area (Å²) in [5.41, 5.74) is 5.59. The average Bonchev–Trinajstić information content (AvgIpc) is 2.33. The summed E-state index contributed by atoms with van der Waals surface area (Å²) in [4.78, 5) is -0.285. The molecule has 2 aromatic carbocycles. The van der Waals surface area contributed by atoms with E-state index in [-0.39, 0.29) is 26.3 Å². The minimum absolute atomic E-state index is 0.0417. The van der Waals surface area contributed by atoms with Gasteiger partial charge in [-0.15, -0.1) is 0 Å². The normalized spacial score (nSPS) is 11.3. The third-order valence-electron chi connectivity index (χ3n) is 2.45. The molecule has 0 atom stereocenters. The van der Waals surface area contributed by atoms with E-state index in [4.69, 9.17) is 28.9 Å². The smallest absolute Gasteiger partial charge is 0.264 e. The van der Waals surface area contributed by atoms with Crippen molar-refractivity contribution in [2.24, 2.45) is 0 Å². The molecule has 8 heteroatoms. The van der Waals surface area contributed by atoms with E-state index in [9.17, 15) is 12.8 Å². The molecule has 0 saturated carbocycles. The second kappa shape index (κ2) is 5.47. The lowest BCUT2D eigenvalue weighted by Gasteiger charge is -2.12. The molecule has 0 radical (unpaired) electrons. The minimum atomic E-state index is -4.07. The Balaban J connectivity index is 2.49. The highest BCUT2D eigenvalue weighted by Crippen LogP contribution is 2.31. The molecule has 106 valence electrons. The van der Waals surface area contributed by atoms with E-state index in [1.807, 2.05) is 0 Å². The number of sulfonamides is 1. The van der Waals surface area contributed by atoms with Gasteiger partial charge >= 0.3 is 0 Å². The van der Waals surface area contributed by atoms with Gasteiger partial charge in [-0.05, 0) is 24.3 Å². The van der Waals surface area contributed by atoms with Crippen LogP contribution in [0, 0.1) is 5.82 Å². The quantitative estimate of drug-likeness (QED) is 0.843. The number of hydrogen-bond acceptors (Lipinski definition) is 3. The SMILES string of the molecule is Nc1ccc(F)cc1NS(=O)(=O)c1c(Cl)cccc1Cl. The van der Waals surface area contributed by atoms with Crippen molar-refractivity contribution < 1.29 is 12.8 Å². The van der Waals surface area contributed by atoms with Gasteiger partial charge in [0.2, 0.25) is 0 Å². The molecular formula is C12H9Cl2FN2O2S. The molecule has 0 bridgehead atoms. The van der Waals surface area contributed by atoms with Crippen molar-refractivity contribution >= 4 is 44.6 Å². The van der Waals surface area contributed by atoms with Crippen LogP contribution in [0.2, 0.25) is 10.0 Å². The molecular weight excluding hydrogens is 326 g/mol. The molecule has 0 amide bonds. The first-order valence-electron chi connectivity index (χ1n) is 5.33.